The van der Waals surface area contributed by atoms with Gasteiger partial charge < -0.3 is 19.9 Å². The van der Waals surface area contributed by atoms with E-state index < -0.39 is 22.0 Å². The summed E-state index contributed by atoms with van der Waals surface area (Å²) in [5.74, 6) is 0.257. The number of carbonyl (C=O) groups excluding carboxylic acids is 1. The first kappa shape index (κ1) is 27.2. The van der Waals surface area contributed by atoms with Gasteiger partial charge in [-0.2, -0.15) is 0 Å². The fraction of sp³-hybridized carbons (Fsp3) is 0.296. The topological polar surface area (TPSA) is 114 Å². The number of hydrogen-bond donors (Lipinski definition) is 3. The number of hydrogen-bond acceptors (Lipinski definition) is 7. The maximum absolute atomic E-state index is 12.4. The second-order valence-electron chi connectivity index (χ2n) is 8.58. The van der Waals surface area contributed by atoms with E-state index in [1.165, 1.54) is 0 Å². The zero-order valence-electron chi connectivity index (χ0n) is 20.6. The van der Waals surface area contributed by atoms with Gasteiger partial charge in [-0.05, 0) is 54.8 Å². The molecule has 36 heavy (non-hydrogen) atoms. The number of ether oxygens (including phenoxy) is 2. The first-order chi connectivity index (χ1) is 17.1. The molecule has 8 nitrogen and oxygen atoms in total. The van der Waals surface area contributed by atoms with E-state index in [1.807, 2.05) is 73.2 Å². The van der Waals surface area contributed by atoms with Gasteiger partial charge in [-0.3, -0.25) is 4.79 Å². The molecular formula is C27H32N2O6S. The number of nitrogens with one attached hydrogen (secondary N) is 2. The minimum Gasteiger partial charge on any atom is -0.492 e. The van der Waals surface area contributed by atoms with E-state index in [1.54, 1.807) is 18.2 Å². The first-order valence-corrected chi connectivity index (χ1v) is 13.5. The predicted octanol–water partition coefficient (Wildman–Crippen LogP) is 3.53. The molecule has 0 fully saturated rings. The average molecular weight is 513 g/mol. The monoisotopic (exact) mass is 512 g/mol. The van der Waals surface area contributed by atoms with E-state index in [0.717, 1.165) is 22.9 Å². The molecule has 3 aromatic carbocycles. The Hall–Kier alpha value is -3.40. The maximum atomic E-state index is 12.4. The van der Waals surface area contributed by atoms with Gasteiger partial charge in [0.1, 0.15) is 18.1 Å². The fourth-order valence-corrected chi connectivity index (χ4v) is 3.93. The van der Waals surface area contributed by atoms with Crippen LogP contribution in [0.4, 0.5) is 0 Å². The van der Waals surface area contributed by atoms with Gasteiger partial charge in [0.05, 0.1) is 24.0 Å². The van der Waals surface area contributed by atoms with Crippen molar-refractivity contribution in [2.24, 2.45) is 0 Å². The van der Waals surface area contributed by atoms with E-state index in [0.29, 0.717) is 31.2 Å². The highest BCUT2D eigenvalue weighted by atomic mass is 32.2. The van der Waals surface area contributed by atoms with Crippen molar-refractivity contribution in [3.63, 3.8) is 0 Å². The van der Waals surface area contributed by atoms with E-state index >= 15 is 0 Å². The summed E-state index contributed by atoms with van der Waals surface area (Å²) in [4.78, 5) is 12.4. The van der Waals surface area contributed by atoms with Crippen LogP contribution in [0.5, 0.6) is 11.5 Å². The van der Waals surface area contributed by atoms with Gasteiger partial charge >= 0.3 is 0 Å². The van der Waals surface area contributed by atoms with E-state index in [9.17, 15) is 18.3 Å². The summed E-state index contributed by atoms with van der Waals surface area (Å²) in [5, 5.41) is 13.4. The number of sulfonamides is 1. The predicted molar refractivity (Wildman–Crippen MR) is 140 cm³/mol. The van der Waals surface area contributed by atoms with E-state index in [2.05, 4.69) is 5.32 Å². The van der Waals surface area contributed by atoms with Crippen LogP contribution in [-0.2, 0) is 10.0 Å². The molecule has 9 heteroatoms. The van der Waals surface area contributed by atoms with Gasteiger partial charge in [-0.1, -0.05) is 48.5 Å². The summed E-state index contributed by atoms with van der Waals surface area (Å²) in [6, 6.07) is 22.0. The van der Waals surface area contributed by atoms with E-state index in [-0.39, 0.29) is 11.7 Å². The summed E-state index contributed by atoms with van der Waals surface area (Å²) >= 11 is 0. The lowest BCUT2D eigenvalue weighted by Gasteiger charge is -2.16. The Morgan fingerprint density at radius 1 is 0.972 bits per heavy atom. The Morgan fingerprint density at radius 2 is 1.64 bits per heavy atom. The van der Waals surface area contributed by atoms with Crippen LogP contribution < -0.4 is 19.5 Å². The normalized spacial score (nSPS) is 12.2. The highest BCUT2D eigenvalue weighted by Gasteiger charge is 2.18. The molecule has 0 radical (unpaired) electrons. The molecule has 3 N–H and O–H groups in total. The fourth-order valence-electron chi connectivity index (χ4n) is 3.48. The van der Waals surface area contributed by atoms with Crippen molar-refractivity contribution in [2.45, 2.75) is 26.1 Å². The highest BCUT2D eigenvalue weighted by molar-refractivity contribution is 7.89. The Kier molecular flexibility index (Phi) is 9.46. The number of aliphatic hydroxyl groups is 1. The lowest BCUT2D eigenvalue weighted by molar-refractivity contribution is 0.0976. The summed E-state index contributed by atoms with van der Waals surface area (Å²) in [6.45, 7) is 5.11. The summed E-state index contributed by atoms with van der Waals surface area (Å²) in [6.07, 6.45) is 0.151. The molecule has 1 amide bonds. The maximum Gasteiger partial charge on any atom is 0.268 e. The number of benzene rings is 3. The van der Waals surface area contributed by atoms with Gasteiger partial charge in [0.25, 0.3) is 5.91 Å². The third-order valence-corrected chi connectivity index (χ3v) is 5.68. The largest absolute Gasteiger partial charge is 0.492 e. The van der Waals surface area contributed by atoms with Gasteiger partial charge in [0.15, 0.2) is 0 Å². The quantitative estimate of drug-likeness (QED) is 0.318. The van der Waals surface area contributed by atoms with Crippen LogP contribution in [-0.4, -0.2) is 51.5 Å². The molecule has 3 rings (SSSR count). The Labute approximate surface area is 212 Å². The summed E-state index contributed by atoms with van der Waals surface area (Å²) < 4.78 is 36.5. The minimum absolute atomic E-state index is 0.141. The summed E-state index contributed by atoms with van der Waals surface area (Å²) in [7, 11) is -3.70. The van der Waals surface area contributed by atoms with Crippen molar-refractivity contribution >= 4 is 15.9 Å². The second-order valence-corrected chi connectivity index (χ2v) is 10.3. The van der Waals surface area contributed by atoms with Crippen LogP contribution in [0.3, 0.4) is 0 Å². The standard InChI is InChI=1S/C27H32N2O6S/c1-19(2)35-26-17-22(11-14-24(26)27(31)29-36(3,32)33)20-9-12-23(13-10-20)34-16-15-28-18-25(30)21-7-5-4-6-8-21/h4-14,17,19,25,28,30H,15-16,18H2,1-3H3,(H,29,31)/t25-/m1/s1. The Bertz CT molecular complexity index is 1250. The molecule has 1 atom stereocenters. The molecule has 0 aliphatic rings. The minimum atomic E-state index is -3.70. The van der Waals surface area contributed by atoms with Crippen molar-refractivity contribution in [1.82, 2.24) is 10.0 Å². The van der Waals surface area contributed by atoms with Crippen molar-refractivity contribution in [1.29, 1.82) is 0 Å². The lowest BCUT2D eigenvalue weighted by Crippen LogP contribution is -2.30. The van der Waals surface area contributed by atoms with Crippen LogP contribution in [0.2, 0.25) is 0 Å². The van der Waals surface area contributed by atoms with Crippen LogP contribution in [0, 0.1) is 0 Å². The Balaban J connectivity index is 1.58. The average Bonchev–Trinajstić information content (AvgIpc) is 2.83. The zero-order valence-corrected chi connectivity index (χ0v) is 21.4. The highest BCUT2D eigenvalue weighted by Crippen LogP contribution is 2.29. The molecule has 0 heterocycles. The van der Waals surface area contributed by atoms with Gasteiger partial charge in [0.2, 0.25) is 10.0 Å². The van der Waals surface area contributed by atoms with Crippen LogP contribution >= 0.6 is 0 Å². The van der Waals surface area contributed by atoms with Crippen LogP contribution in [0.15, 0.2) is 72.8 Å². The molecule has 0 spiro atoms. The first-order valence-electron chi connectivity index (χ1n) is 11.6. The molecule has 0 aliphatic carbocycles. The molecule has 192 valence electrons. The molecule has 0 saturated carbocycles. The van der Waals surface area contributed by atoms with Crippen LogP contribution in [0.1, 0.15) is 35.9 Å². The lowest BCUT2D eigenvalue weighted by atomic mass is 10.0. The molecule has 0 saturated heterocycles. The van der Waals surface area contributed by atoms with E-state index in [4.69, 9.17) is 9.47 Å². The molecular weight excluding hydrogens is 480 g/mol. The van der Waals surface area contributed by atoms with Gasteiger partial charge in [-0.15, -0.1) is 0 Å². The van der Waals surface area contributed by atoms with Crippen molar-refractivity contribution in [2.75, 3.05) is 26.0 Å². The third kappa shape index (κ3) is 8.37. The van der Waals surface area contributed by atoms with Crippen molar-refractivity contribution in [3.05, 3.63) is 83.9 Å². The molecule has 0 bridgehead atoms. The molecule has 0 aliphatic heterocycles. The smallest absolute Gasteiger partial charge is 0.268 e. The number of carbonyl (C=O) groups is 1. The van der Waals surface area contributed by atoms with Gasteiger partial charge in [-0.25, -0.2) is 13.1 Å². The number of rotatable bonds is 12. The third-order valence-electron chi connectivity index (χ3n) is 5.12. The number of aliphatic hydroxyl groups excluding tert-OH is 1. The van der Waals surface area contributed by atoms with Crippen LogP contribution in [0.25, 0.3) is 11.1 Å². The van der Waals surface area contributed by atoms with Gasteiger partial charge in [0, 0.05) is 13.1 Å². The molecule has 3 aromatic rings. The SMILES string of the molecule is CC(C)Oc1cc(-c2ccc(OCCNC[C@@H](O)c3ccccc3)cc2)ccc1C(=O)NS(C)(=O)=O. The number of amides is 1. The zero-order chi connectivity index (χ0) is 26.1. The molecule has 0 unspecified atom stereocenters. The van der Waals surface area contributed by atoms with Crippen molar-refractivity contribution in [3.8, 4) is 22.6 Å². The second kappa shape index (κ2) is 12.5. The van der Waals surface area contributed by atoms with Crippen molar-refractivity contribution < 1.29 is 27.8 Å². The summed E-state index contributed by atoms with van der Waals surface area (Å²) in [5.41, 5.74) is 2.70. The molecule has 0 aromatic heterocycles. The Morgan fingerprint density at radius 3 is 2.28 bits per heavy atom.